The molecule has 0 atom stereocenters. The van der Waals surface area contributed by atoms with Gasteiger partial charge in [0.25, 0.3) is 0 Å². The summed E-state index contributed by atoms with van der Waals surface area (Å²) in [7, 11) is -2.80. The number of aromatic nitrogens is 1. The van der Waals surface area contributed by atoms with E-state index < -0.39 is 9.84 Å². The predicted molar refractivity (Wildman–Crippen MR) is 82.6 cm³/mol. The molecule has 0 radical (unpaired) electrons. The van der Waals surface area contributed by atoms with Crippen LogP contribution >= 0.6 is 0 Å². The van der Waals surface area contributed by atoms with Crippen molar-refractivity contribution in [2.24, 2.45) is 0 Å². The van der Waals surface area contributed by atoms with Crippen LogP contribution in [0.25, 0.3) is 0 Å². The van der Waals surface area contributed by atoms with Crippen LogP contribution < -0.4 is 10.2 Å². The summed E-state index contributed by atoms with van der Waals surface area (Å²) in [4.78, 5) is 6.69. The van der Waals surface area contributed by atoms with Gasteiger partial charge in [-0.15, -0.1) is 0 Å². The SMILES string of the molecule is O=S1(=O)CCC(Nc2ccc(N3CCOCC3)nc2)CC1. The van der Waals surface area contributed by atoms with Gasteiger partial charge in [-0.2, -0.15) is 0 Å². The van der Waals surface area contributed by atoms with Gasteiger partial charge in [-0.05, 0) is 25.0 Å². The van der Waals surface area contributed by atoms with Gasteiger partial charge in [0.1, 0.15) is 15.7 Å². The molecule has 2 aliphatic rings. The molecule has 1 N–H and O–H groups in total. The molecule has 3 heterocycles. The number of nitrogens with zero attached hydrogens (tertiary/aromatic N) is 2. The number of anilines is 2. The first-order valence-corrected chi connectivity index (χ1v) is 9.20. The van der Waals surface area contributed by atoms with Gasteiger partial charge in [0.15, 0.2) is 0 Å². The number of sulfone groups is 1. The average molecular weight is 311 g/mol. The normalized spacial score (nSPS) is 23.0. The number of morpholine rings is 1. The van der Waals surface area contributed by atoms with Crippen molar-refractivity contribution in [3.63, 3.8) is 0 Å². The fourth-order valence-corrected chi connectivity index (χ4v) is 4.21. The van der Waals surface area contributed by atoms with E-state index in [1.54, 1.807) is 0 Å². The number of hydrogen-bond acceptors (Lipinski definition) is 6. The number of nitrogens with one attached hydrogen (secondary N) is 1. The zero-order valence-electron chi connectivity index (χ0n) is 12.0. The molecule has 116 valence electrons. The molecular weight excluding hydrogens is 290 g/mol. The maximum absolute atomic E-state index is 11.4. The lowest BCUT2D eigenvalue weighted by molar-refractivity contribution is 0.122. The molecule has 7 heteroatoms. The molecule has 1 aromatic heterocycles. The molecule has 0 spiro atoms. The maximum Gasteiger partial charge on any atom is 0.150 e. The Labute approximate surface area is 125 Å². The molecule has 0 unspecified atom stereocenters. The largest absolute Gasteiger partial charge is 0.381 e. The van der Waals surface area contributed by atoms with E-state index in [-0.39, 0.29) is 17.5 Å². The first-order chi connectivity index (χ1) is 10.1. The maximum atomic E-state index is 11.4. The van der Waals surface area contributed by atoms with E-state index in [0.717, 1.165) is 37.8 Å². The second-order valence-electron chi connectivity index (χ2n) is 5.57. The van der Waals surface area contributed by atoms with E-state index >= 15 is 0 Å². The van der Waals surface area contributed by atoms with Crippen LogP contribution in [0.5, 0.6) is 0 Å². The van der Waals surface area contributed by atoms with Gasteiger partial charge in [0.2, 0.25) is 0 Å². The van der Waals surface area contributed by atoms with E-state index in [0.29, 0.717) is 12.8 Å². The third-order valence-electron chi connectivity index (χ3n) is 4.01. The minimum absolute atomic E-state index is 0.226. The first kappa shape index (κ1) is 14.6. The quantitative estimate of drug-likeness (QED) is 0.894. The molecule has 2 fully saturated rings. The summed E-state index contributed by atoms with van der Waals surface area (Å²) in [5.74, 6) is 1.53. The van der Waals surface area contributed by atoms with Crippen LogP contribution in [0.15, 0.2) is 18.3 Å². The highest BCUT2D eigenvalue weighted by atomic mass is 32.2. The van der Waals surface area contributed by atoms with Crippen LogP contribution in [0, 0.1) is 0 Å². The second kappa shape index (κ2) is 6.19. The fraction of sp³-hybridized carbons (Fsp3) is 0.643. The highest BCUT2D eigenvalue weighted by Crippen LogP contribution is 2.19. The number of hydrogen-bond donors (Lipinski definition) is 1. The van der Waals surface area contributed by atoms with Gasteiger partial charge in [-0.3, -0.25) is 0 Å². The summed E-state index contributed by atoms with van der Waals surface area (Å²) in [5, 5.41) is 3.38. The van der Waals surface area contributed by atoms with E-state index in [4.69, 9.17) is 4.74 Å². The molecule has 0 aromatic carbocycles. The fourth-order valence-electron chi connectivity index (χ4n) is 2.72. The Balaban J connectivity index is 1.57. The van der Waals surface area contributed by atoms with Crippen LogP contribution in [0.3, 0.4) is 0 Å². The summed E-state index contributed by atoms with van der Waals surface area (Å²) < 4.78 is 28.2. The number of ether oxygens (including phenoxy) is 1. The van der Waals surface area contributed by atoms with Crippen molar-refractivity contribution in [3.05, 3.63) is 18.3 Å². The topological polar surface area (TPSA) is 71.5 Å². The van der Waals surface area contributed by atoms with Crippen LogP contribution in [-0.2, 0) is 14.6 Å². The Morgan fingerprint density at radius 2 is 1.90 bits per heavy atom. The second-order valence-corrected chi connectivity index (χ2v) is 7.88. The highest BCUT2D eigenvalue weighted by Gasteiger charge is 2.23. The number of rotatable bonds is 3. The van der Waals surface area contributed by atoms with Gasteiger partial charge >= 0.3 is 0 Å². The molecule has 21 heavy (non-hydrogen) atoms. The Morgan fingerprint density at radius 1 is 1.19 bits per heavy atom. The minimum atomic E-state index is -2.80. The Morgan fingerprint density at radius 3 is 2.52 bits per heavy atom. The number of pyridine rings is 1. The van der Waals surface area contributed by atoms with Gasteiger partial charge in [-0.25, -0.2) is 13.4 Å². The minimum Gasteiger partial charge on any atom is -0.381 e. The third kappa shape index (κ3) is 3.85. The molecule has 0 amide bonds. The van der Waals surface area contributed by atoms with Crippen molar-refractivity contribution >= 4 is 21.3 Å². The van der Waals surface area contributed by atoms with Crippen LogP contribution in [-0.4, -0.2) is 57.3 Å². The summed E-state index contributed by atoms with van der Waals surface area (Å²) in [5.41, 5.74) is 0.955. The Kier molecular flexibility index (Phi) is 4.30. The average Bonchev–Trinajstić information content (AvgIpc) is 2.51. The summed E-state index contributed by atoms with van der Waals surface area (Å²) in [6.45, 7) is 3.25. The third-order valence-corrected chi connectivity index (χ3v) is 5.72. The van der Waals surface area contributed by atoms with Crippen molar-refractivity contribution in [1.82, 2.24) is 4.98 Å². The van der Waals surface area contributed by atoms with Crippen molar-refractivity contribution < 1.29 is 13.2 Å². The Hall–Kier alpha value is -1.34. The highest BCUT2D eigenvalue weighted by molar-refractivity contribution is 7.91. The lowest BCUT2D eigenvalue weighted by atomic mass is 10.1. The van der Waals surface area contributed by atoms with Crippen molar-refractivity contribution in [2.45, 2.75) is 18.9 Å². The summed E-state index contributed by atoms with van der Waals surface area (Å²) in [6, 6.07) is 4.25. The van der Waals surface area contributed by atoms with Crippen LogP contribution in [0.2, 0.25) is 0 Å². The van der Waals surface area contributed by atoms with Gasteiger partial charge < -0.3 is 15.0 Å². The van der Waals surface area contributed by atoms with E-state index in [1.807, 2.05) is 18.3 Å². The van der Waals surface area contributed by atoms with E-state index in [9.17, 15) is 8.42 Å². The zero-order chi connectivity index (χ0) is 14.7. The molecule has 0 saturated carbocycles. The summed E-state index contributed by atoms with van der Waals surface area (Å²) in [6.07, 6.45) is 3.18. The molecule has 0 bridgehead atoms. The van der Waals surface area contributed by atoms with Crippen molar-refractivity contribution in [3.8, 4) is 0 Å². The van der Waals surface area contributed by atoms with Crippen LogP contribution in [0.4, 0.5) is 11.5 Å². The zero-order valence-corrected chi connectivity index (χ0v) is 12.8. The van der Waals surface area contributed by atoms with Crippen molar-refractivity contribution in [1.29, 1.82) is 0 Å². The molecule has 6 nitrogen and oxygen atoms in total. The molecular formula is C14H21N3O3S. The molecule has 3 rings (SSSR count). The molecule has 2 aliphatic heterocycles. The molecule has 1 aromatic rings. The predicted octanol–water partition coefficient (Wildman–Crippen LogP) is 0.907. The van der Waals surface area contributed by atoms with Crippen LogP contribution in [0.1, 0.15) is 12.8 Å². The smallest absolute Gasteiger partial charge is 0.150 e. The summed E-state index contributed by atoms with van der Waals surface area (Å²) >= 11 is 0. The van der Waals surface area contributed by atoms with E-state index in [2.05, 4.69) is 15.2 Å². The standard InChI is InChI=1S/C14H21N3O3S/c18-21(19)9-3-12(4-10-21)16-13-1-2-14(15-11-13)17-5-7-20-8-6-17/h1-2,11-12,16H,3-10H2. The van der Waals surface area contributed by atoms with Gasteiger partial charge in [-0.1, -0.05) is 0 Å². The Bertz CT molecular complexity index is 554. The molecule has 0 aliphatic carbocycles. The molecule has 2 saturated heterocycles. The van der Waals surface area contributed by atoms with E-state index in [1.165, 1.54) is 0 Å². The lowest BCUT2D eigenvalue weighted by Crippen LogP contribution is -2.36. The first-order valence-electron chi connectivity index (χ1n) is 7.38. The van der Waals surface area contributed by atoms with Crippen molar-refractivity contribution in [2.75, 3.05) is 48.0 Å². The monoisotopic (exact) mass is 311 g/mol. The van der Waals surface area contributed by atoms with Gasteiger partial charge in [0, 0.05) is 19.1 Å². The van der Waals surface area contributed by atoms with Gasteiger partial charge in [0.05, 0.1) is 36.6 Å². The lowest BCUT2D eigenvalue weighted by Gasteiger charge is -2.28.